The number of piperidine rings is 1. The number of likely N-dealkylation sites (tertiary alicyclic amines) is 1. The van der Waals surface area contributed by atoms with Crippen LogP contribution in [-0.4, -0.2) is 61.2 Å². The topological polar surface area (TPSA) is 89.3 Å². The second kappa shape index (κ2) is 5.60. The summed E-state index contributed by atoms with van der Waals surface area (Å²) < 4.78 is 15.5. The van der Waals surface area contributed by atoms with Crippen LogP contribution in [0.25, 0.3) is 0 Å². The molecule has 8 nitrogen and oxygen atoms in total. The molecule has 1 atom stereocenters. The van der Waals surface area contributed by atoms with Crippen molar-refractivity contribution in [1.29, 1.82) is 0 Å². The highest BCUT2D eigenvalue weighted by Crippen LogP contribution is 2.31. The zero-order chi connectivity index (χ0) is 16.6. The van der Waals surface area contributed by atoms with Gasteiger partial charge in [-0.1, -0.05) is 0 Å². The molecular formula is C15H18N2O6. The van der Waals surface area contributed by atoms with E-state index in [1.807, 2.05) is 0 Å². The van der Waals surface area contributed by atoms with Gasteiger partial charge >= 0.3 is 6.09 Å². The summed E-state index contributed by atoms with van der Waals surface area (Å²) >= 11 is 0. The summed E-state index contributed by atoms with van der Waals surface area (Å²) in [6, 6.07) is 1.12. The monoisotopic (exact) mass is 322 g/mol. The van der Waals surface area contributed by atoms with Gasteiger partial charge in [-0.15, -0.1) is 0 Å². The van der Waals surface area contributed by atoms with Crippen LogP contribution in [0, 0.1) is 0 Å². The van der Waals surface area contributed by atoms with Crippen LogP contribution in [0.15, 0.2) is 21.5 Å². The summed E-state index contributed by atoms with van der Waals surface area (Å²) in [5.74, 6) is -0.400. The fourth-order valence-electron chi connectivity index (χ4n) is 3.09. The normalized spacial score (nSPS) is 24.0. The summed E-state index contributed by atoms with van der Waals surface area (Å²) in [5.41, 5.74) is -1.09. The van der Waals surface area contributed by atoms with E-state index >= 15 is 0 Å². The van der Waals surface area contributed by atoms with Crippen molar-refractivity contribution < 1.29 is 23.5 Å². The maximum Gasteiger partial charge on any atom is 0.410 e. The third-order valence-electron chi connectivity index (χ3n) is 4.20. The van der Waals surface area contributed by atoms with Crippen LogP contribution < -0.4 is 10.2 Å². The number of hydrogen-bond donors (Lipinski definition) is 0. The van der Waals surface area contributed by atoms with Gasteiger partial charge in [0.2, 0.25) is 11.2 Å². The Kier molecular flexibility index (Phi) is 3.75. The number of methoxy groups -OCH3 is 1. The molecule has 0 aromatic carbocycles. The molecule has 2 saturated heterocycles. The second-order valence-electron chi connectivity index (χ2n) is 5.91. The van der Waals surface area contributed by atoms with Crippen molar-refractivity contribution in [3.8, 4) is 5.75 Å². The first-order valence-electron chi connectivity index (χ1n) is 7.34. The maximum atomic E-state index is 12.6. The molecule has 1 spiro atoms. The Morgan fingerprint density at radius 2 is 2.13 bits per heavy atom. The number of carbonyl (C=O) groups is 2. The van der Waals surface area contributed by atoms with Gasteiger partial charge in [0.1, 0.15) is 11.9 Å². The van der Waals surface area contributed by atoms with Gasteiger partial charge in [0, 0.05) is 19.7 Å². The van der Waals surface area contributed by atoms with Gasteiger partial charge < -0.3 is 23.7 Å². The van der Waals surface area contributed by atoms with Gasteiger partial charge in [-0.3, -0.25) is 9.59 Å². The third kappa shape index (κ3) is 2.76. The minimum absolute atomic E-state index is 0.0445. The van der Waals surface area contributed by atoms with Crippen LogP contribution in [0.3, 0.4) is 0 Å². The number of carbonyl (C=O) groups excluding carboxylic acids is 2. The van der Waals surface area contributed by atoms with Crippen molar-refractivity contribution in [2.45, 2.75) is 18.4 Å². The minimum Gasteiger partial charge on any atom is -0.490 e. The molecule has 2 aliphatic heterocycles. The van der Waals surface area contributed by atoms with Crippen LogP contribution in [-0.2, 0) is 4.74 Å². The number of amides is 2. The molecule has 2 fully saturated rings. The van der Waals surface area contributed by atoms with E-state index in [-0.39, 0.29) is 24.1 Å². The Morgan fingerprint density at radius 1 is 1.35 bits per heavy atom. The van der Waals surface area contributed by atoms with E-state index in [4.69, 9.17) is 13.9 Å². The fraction of sp³-hybridized carbons (Fsp3) is 0.533. The summed E-state index contributed by atoms with van der Waals surface area (Å²) in [6.45, 7) is 1.26. The largest absolute Gasteiger partial charge is 0.490 e. The Labute approximate surface area is 132 Å². The van der Waals surface area contributed by atoms with Crippen molar-refractivity contribution in [2.75, 3.05) is 33.8 Å². The Morgan fingerprint density at radius 3 is 2.74 bits per heavy atom. The van der Waals surface area contributed by atoms with Crippen LogP contribution in [0.4, 0.5) is 4.79 Å². The lowest BCUT2D eigenvalue weighted by molar-refractivity contribution is -0.00630. The SMILES string of the molecule is COc1coc(C(=O)N2CCC[C@]3(CN(C)C(=O)O3)C2)cc1=O. The smallest absolute Gasteiger partial charge is 0.410 e. The summed E-state index contributed by atoms with van der Waals surface area (Å²) in [7, 11) is 3.02. The van der Waals surface area contributed by atoms with Crippen molar-refractivity contribution in [2.24, 2.45) is 0 Å². The predicted octanol–water partition coefficient (Wildman–Crippen LogP) is 0.705. The lowest BCUT2D eigenvalue weighted by atomic mass is 9.92. The van der Waals surface area contributed by atoms with E-state index in [2.05, 4.69) is 0 Å². The zero-order valence-electron chi connectivity index (χ0n) is 13.0. The molecule has 2 amide bonds. The highest BCUT2D eigenvalue weighted by atomic mass is 16.6. The molecule has 23 heavy (non-hydrogen) atoms. The molecule has 3 heterocycles. The highest BCUT2D eigenvalue weighted by molar-refractivity contribution is 5.91. The van der Waals surface area contributed by atoms with E-state index in [9.17, 15) is 14.4 Å². The molecule has 124 valence electrons. The Balaban J connectivity index is 1.79. The molecule has 0 bridgehead atoms. The van der Waals surface area contributed by atoms with E-state index in [0.29, 0.717) is 25.9 Å². The lowest BCUT2D eigenvalue weighted by Crippen LogP contribution is -2.52. The molecule has 1 aromatic rings. The van der Waals surface area contributed by atoms with Gasteiger partial charge in [-0.05, 0) is 12.8 Å². The molecule has 3 rings (SSSR count). The first-order valence-corrected chi connectivity index (χ1v) is 7.34. The van der Waals surface area contributed by atoms with E-state index in [0.717, 1.165) is 12.3 Å². The van der Waals surface area contributed by atoms with Crippen molar-refractivity contribution in [3.63, 3.8) is 0 Å². The summed E-state index contributed by atoms with van der Waals surface area (Å²) in [6.07, 6.45) is 2.17. The van der Waals surface area contributed by atoms with Crippen LogP contribution in [0.2, 0.25) is 0 Å². The van der Waals surface area contributed by atoms with Gasteiger partial charge in [0.05, 0.1) is 20.2 Å². The average Bonchev–Trinajstić information content (AvgIpc) is 2.80. The third-order valence-corrected chi connectivity index (χ3v) is 4.20. The van der Waals surface area contributed by atoms with Crippen LogP contribution >= 0.6 is 0 Å². The molecule has 8 heteroatoms. The van der Waals surface area contributed by atoms with Gasteiger partial charge in [0.15, 0.2) is 5.76 Å². The van der Waals surface area contributed by atoms with Gasteiger partial charge in [-0.25, -0.2) is 4.79 Å². The zero-order valence-corrected chi connectivity index (χ0v) is 13.0. The predicted molar refractivity (Wildman–Crippen MR) is 78.5 cm³/mol. The second-order valence-corrected chi connectivity index (χ2v) is 5.91. The van der Waals surface area contributed by atoms with Gasteiger partial charge in [0.25, 0.3) is 5.91 Å². The van der Waals surface area contributed by atoms with E-state index in [1.165, 1.54) is 12.0 Å². The number of ether oxygens (including phenoxy) is 2. The summed E-state index contributed by atoms with van der Waals surface area (Å²) in [4.78, 5) is 39.0. The molecule has 1 aromatic heterocycles. The number of rotatable bonds is 2. The maximum absolute atomic E-state index is 12.6. The van der Waals surface area contributed by atoms with Gasteiger partial charge in [-0.2, -0.15) is 0 Å². The molecule has 0 unspecified atom stereocenters. The van der Waals surface area contributed by atoms with Crippen LogP contribution in [0.1, 0.15) is 23.4 Å². The number of hydrogen-bond acceptors (Lipinski definition) is 6. The molecule has 0 N–H and O–H groups in total. The Bertz CT molecular complexity index is 699. The lowest BCUT2D eigenvalue weighted by Gasteiger charge is -2.38. The van der Waals surface area contributed by atoms with E-state index < -0.39 is 16.9 Å². The number of nitrogens with zero attached hydrogens (tertiary/aromatic N) is 2. The fourth-order valence-corrected chi connectivity index (χ4v) is 3.09. The average molecular weight is 322 g/mol. The quantitative estimate of drug-likeness (QED) is 0.796. The number of likely N-dealkylation sites (N-methyl/N-ethyl adjacent to an activating group) is 1. The van der Waals surface area contributed by atoms with Crippen LogP contribution in [0.5, 0.6) is 5.75 Å². The molecular weight excluding hydrogens is 304 g/mol. The molecule has 0 radical (unpaired) electrons. The molecule has 2 aliphatic rings. The summed E-state index contributed by atoms with van der Waals surface area (Å²) in [5, 5.41) is 0. The molecule has 0 aliphatic carbocycles. The first kappa shape index (κ1) is 15.4. The van der Waals surface area contributed by atoms with E-state index in [1.54, 1.807) is 11.9 Å². The molecule has 0 saturated carbocycles. The standard InChI is InChI=1S/C15H18N2O6/c1-16-8-15(23-14(16)20)4-3-5-17(9-15)13(19)11-6-10(18)12(21-2)7-22-11/h6-7H,3-5,8-9H2,1-2H3/t15-/m0/s1. The van der Waals surface area contributed by atoms with Crippen molar-refractivity contribution in [3.05, 3.63) is 28.3 Å². The van der Waals surface area contributed by atoms with Crippen molar-refractivity contribution in [1.82, 2.24) is 9.80 Å². The Hall–Kier alpha value is -2.51. The highest BCUT2D eigenvalue weighted by Gasteiger charge is 2.47. The minimum atomic E-state index is -0.674. The first-order chi connectivity index (χ1) is 10.9. The van der Waals surface area contributed by atoms with Crippen molar-refractivity contribution >= 4 is 12.0 Å².